The largest absolute Gasteiger partial charge is 0.372 e. The van der Waals surface area contributed by atoms with Crippen molar-refractivity contribution in [2.45, 2.75) is 44.9 Å². The van der Waals surface area contributed by atoms with E-state index < -0.39 is 0 Å². The minimum atomic E-state index is 0.0210. The van der Waals surface area contributed by atoms with E-state index in [2.05, 4.69) is 38.1 Å². The summed E-state index contributed by atoms with van der Waals surface area (Å²) in [6.45, 7) is 9.15. The number of pyridine rings is 1. The predicted octanol–water partition coefficient (Wildman–Crippen LogP) is 3.10. The van der Waals surface area contributed by atoms with E-state index in [0.717, 1.165) is 63.7 Å². The van der Waals surface area contributed by atoms with Crippen molar-refractivity contribution in [3.05, 3.63) is 46.2 Å². The number of aromatic nitrogens is 2. The molecule has 2 aliphatic rings. The second kappa shape index (κ2) is 8.13. The standard InChI is InChI=1S/C20H28N4OS/c1-17-22-19(15-26-17)14-23-8-3-5-20(6-9-23)16-24(10-11-25-20)13-18-4-2-7-21-12-18/h2,4,7,12,15H,3,5-6,8-11,13-14,16H2,1H3. The molecule has 6 heteroatoms. The Bertz CT molecular complexity index is 707. The Morgan fingerprint density at radius 2 is 2.15 bits per heavy atom. The smallest absolute Gasteiger partial charge is 0.0897 e. The van der Waals surface area contributed by atoms with Gasteiger partial charge >= 0.3 is 0 Å². The van der Waals surface area contributed by atoms with Crippen LogP contribution in [0, 0.1) is 6.92 Å². The number of hydrogen-bond acceptors (Lipinski definition) is 6. The third kappa shape index (κ3) is 4.49. The van der Waals surface area contributed by atoms with Crippen LogP contribution in [0.4, 0.5) is 0 Å². The first kappa shape index (κ1) is 18.0. The first-order valence-corrected chi connectivity index (χ1v) is 10.5. The van der Waals surface area contributed by atoms with Crippen molar-refractivity contribution in [1.29, 1.82) is 0 Å². The SMILES string of the molecule is Cc1nc(CN2CCCC3(CC2)CN(Cc2cccnc2)CCO3)cs1. The molecule has 4 rings (SSSR count). The van der Waals surface area contributed by atoms with E-state index in [9.17, 15) is 0 Å². The van der Waals surface area contributed by atoms with Gasteiger partial charge in [-0.05, 0) is 44.4 Å². The van der Waals surface area contributed by atoms with Gasteiger partial charge in [0.15, 0.2) is 0 Å². The summed E-state index contributed by atoms with van der Waals surface area (Å²) in [5.41, 5.74) is 2.53. The molecule has 2 fully saturated rings. The van der Waals surface area contributed by atoms with Gasteiger partial charge in [0.05, 0.1) is 22.9 Å². The minimum absolute atomic E-state index is 0.0210. The molecule has 0 N–H and O–H groups in total. The van der Waals surface area contributed by atoms with Crippen molar-refractivity contribution in [3.63, 3.8) is 0 Å². The van der Waals surface area contributed by atoms with Crippen LogP contribution in [0.3, 0.4) is 0 Å². The van der Waals surface area contributed by atoms with Crippen molar-refractivity contribution in [2.24, 2.45) is 0 Å². The average molecular weight is 373 g/mol. The van der Waals surface area contributed by atoms with Gasteiger partial charge in [-0.25, -0.2) is 4.98 Å². The third-order valence-corrected chi connectivity index (χ3v) is 6.32. The predicted molar refractivity (Wildman–Crippen MR) is 104 cm³/mol. The summed E-state index contributed by atoms with van der Waals surface area (Å²) in [6, 6.07) is 4.19. The Balaban J connectivity index is 1.35. The molecule has 2 aromatic heterocycles. The zero-order valence-electron chi connectivity index (χ0n) is 15.6. The Morgan fingerprint density at radius 3 is 2.96 bits per heavy atom. The molecule has 0 aliphatic carbocycles. The lowest BCUT2D eigenvalue weighted by atomic mass is 9.92. The van der Waals surface area contributed by atoms with Gasteiger partial charge in [0.25, 0.3) is 0 Å². The van der Waals surface area contributed by atoms with Crippen molar-refractivity contribution in [1.82, 2.24) is 19.8 Å². The van der Waals surface area contributed by atoms with Crippen LogP contribution in [0.5, 0.6) is 0 Å². The summed E-state index contributed by atoms with van der Waals surface area (Å²) >= 11 is 1.75. The number of likely N-dealkylation sites (tertiary alicyclic amines) is 1. The van der Waals surface area contributed by atoms with Crippen LogP contribution in [0.25, 0.3) is 0 Å². The summed E-state index contributed by atoms with van der Waals surface area (Å²) < 4.78 is 6.36. The number of ether oxygens (including phenoxy) is 1. The topological polar surface area (TPSA) is 41.5 Å². The maximum atomic E-state index is 6.36. The highest BCUT2D eigenvalue weighted by Gasteiger charge is 2.38. The highest BCUT2D eigenvalue weighted by atomic mass is 32.1. The number of nitrogens with zero attached hydrogens (tertiary/aromatic N) is 4. The van der Waals surface area contributed by atoms with Crippen LogP contribution in [0.2, 0.25) is 0 Å². The van der Waals surface area contributed by atoms with E-state index >= 15 is 0 Å². The normalized spacial score (nSPS) is 25.4. The molecular weight excluding hydrogens is 344 g/mol. The number of thiazole rings is 1. The molecule has 140 valence electrons. The molecule has 0 saturated carbocycles. The molecule has 26 heavy (non-hydrogen) atoms. The van der Waals surface area contributed by atoms with Gasteiger partial charge in [0, 0.05) is 50.5 Å². The molecule has 1 spiro atoms. The first-order valence-electron chi connectivity index (χ1n) is 9.59. The molecule has 2 saturated heterocycles. The van der Waals surface area contributed by atoms with Gasteiger partial charge in [-0.1, -0.05) is 6.07 Å². The Labute approximate surface area is 160 Å². The van der Waals surface area contributed by atoms with E-state index in [4.69, 9.17) is 4.74 Å². The fraction of sp³-hybridized carbons (Fsp3) is 0.600. The van der Waals surface area contributed by atoms with E-state index in [1.54, 1.807) is 11.3 Å². The molecule has 2 aliphatic heterocycles. The number of hydrogen-bond donors (Lipinski definition) is 0. The van der Waals surface area contributed by atoms with Crippen LogP contribution < -0.4 is 0 Å². The maximum absolute atomic E-state index is 6.36. The molecule has 0 radical (unpaired) electrons. The van der Waals surface area contributed by atoms with Crippen molar-refractivity contribution >= 4 is 11.3 Å². The van der Waals surface area contributed by atoms with Gasteiger partial charge in [-0.3, -0.25) is 14.8 Å². The summed E-state index contributed by atoms with van der Waals surface area (Å²) in [7, 11) is 0. The molecule has 0 bridgehead atoms. The molecule has 2 aromatic rings. The van der Waals surface area contributed by atoms with Gasteiger partial charge in [-0.15, -0.1) is 11.3 Å². The van der Waals surface area contributed by atoms with Crippen LogP contribution >= 0.6 is 11.3 Å². The van der Waals surface area contributed by atoms with Gasteiger partial charge in [-0.2, -0.15) is 0 Å². The Morgan fingerprint density at radius 1 is 1.19 bits per heavy atom. The lowest BCUT2D eigenvalue weighted by Crippen LogP contribution is -2.51. The summed E-state index contributed by atoms with van der Waals surface area (Å²) in [5, 5.41) is 3.36. The first-order chi connectivity index (χ1) is 12.7. The Kier molecular flexibility index (Phi) is 5.64. The lowest BCUT2D eigenvalue weighted by Gasteiger charge is -2.42. The number of rotatable bonds is 4. The third-order valence-electron chi connectivity index (χ3n) is 5.50. The summed E-state index contributed by atoms with van der Waals surface area (Å²) in [5.74, 6) is 0. The zero-order valence-corrected chi connectivity index (χ0v) is 16.4. The molecular formula is C20H28N4OS. The molecule has 0 aromatic carbocycles. The Hall–Kier alpha value is -1.34. The second-order valence-corrected chi connectivity index (χ2v) is 8.65. The minimum Gasteiger partial charge on any atom is -0.372 e. The van der Waals surface area contributed by atoms with E-state index in [1.165, 1.54) is 17.7 Å². The molecule has 1 atom stereocenters. The number of aryl methyl sites for hydroxylation is 1. The van der Waals surface area contributed by atoms with Crippen LogP contribution in [0.15, 0.2) is 29.9 Å². The summed E-state index contributed by atoms with van der Waals surface area (Å²) in [6.07, 6.45) is 7.29. The molecule has 1 unspecified atom stereocenters. The summed E-state index contributed by atoms with van der Waals surface area (Å²) in [4.78, 5) is 14.0. The highest BCUT2D eigenvalue weighted by molar-refractivity contribution is 7.09. The molecule has 5 nitrogen and oxygen atoms in total. The van der Waals surface area contributed by atoms with Gasteiger partial charge in [0.2, 0.25) is 0 Å². The van der Waals surface area contributed by atoms with E-state index in [0.29, 0.717) is 0 Å². The van der Waals surface area contributed by atoms with Crippen molar-refractivity contribution in [2.75, 3.05) is 32.8 Å². The maximum Gasteiger partial charge on any atom is 0.0897 e. The fourth-order valence-corrected chi connectivity index (χ4v) is 4.81. The fourth-order valence-electron chi connectivity index (χ4n) is 4.20. The quantitative estimate of drug-likeness (QED) is 0.825. The van der Waals surface area contributed by atoms with Crippen molar-refractivity contribution < 1.29 is 4.74 Å². The van der Waals surface area contributed by atoms with Crippen molar-refractivity contribution in [3.8, 4) is 0 Å². The molecule has 0 amide bonds. The van der Waals surface area contributed by atoms with Gasteiger partial charge < -0.3 is 4.74 Å². The molecule has 4 heterocycles. The van der Waals surface area contributed by atoms with E-state index in [1.807, 2.05) is 18.5 Å². The zero-order chi connectivity index (χ0) is 17.8. The number of morpholine rings is 1. The lowest BCUT2D eigenvalue weighted by molar-refractivity contribution is -0.118. The highest BCUT2D eigenvalue weighted by Crippen LogP contribution is 2.31. The van der Waals surface area contributed by atoms with Crippen LogP contribution in [0.1, 0.15) is 35.5 Å². The van der Waals surface area contributed by atoms with Gasteiger partial charge in [0.1, 0.15) is 0 Å². The average Bonchev–Trinajstić information content (AvgIpc) is 2.96. The second-order valence-electron chi connectivity index (χ2n) is 7.59. The monoisotopic (exact) mass is 372 g/mol. The van der Waals surface area contributed by atoms with Crippen LogP contribution in [-0.4, -0.2) is 58.2 Å². The van der Waals surface area contributed by atoms with E-state index in [-0.39, 0.29) is 5.60 Å². The van der Waals surface area contributed by atoms with Crippen LogP contribution in [-0.2, 0) is 17.8 Å².